The van der Waals surface area contributed by atoms with Crippen molar-refractivity contribution in [2.75, 3.05) is 18.9 Å². The van der Waals surface area contributed by atoms with E-state index in [9.17, 15) is 4.79 Å². The van der Waals surface area contributed by atoms with Crippen molar-refractivity contribution in [2.24, 2.45) is 7.05 Å². The summed E-state index contributed by atoms with van der Waals surface area (Å²) in [4.78, 5) is 14.2. The standard InChI is InChI=1S/C15H24N2O2S/c1-12(2)19-10-5-9-17-14(18)7-11-20-15(17)13-6-4-8-16(13)3/h4,6,8,12,15H,5,7,9-11H2,1-3H3. The molecule has 5 heteroatoms. The first-order valence-electron chi connectivity index (χ1n) is 7.23. The van der Waals surface area contributed by atoms with E-state index < -0.39 is 0 Å². The molecule has 2 rings (SSSR count). The Morgan fingerprint density at radius 2 is 2.30 bits per heavy atom. The van der Waals surface area contributed by atoms with Gasteiger partial charge in [0.25, 0.3) is 0 Å². The minimum absolute atomic E-state index is 0.148. The minimum Gasteiger partial charge on any atom is -0.379 e. The van der Waals surface area contributed by atoms with E-state index in [1.807, 2.05) is 49.8 Å². The van der Waals surface area contributed by atoms with Gasteiger partial charge in [-0.15, -0.1) is 11.8 Å². The lowest BCUT2D eigenvalue weighted by Crippen LogP contribution is -2.39. The highest BCUT2D eigenvalue weighted by Gasteiger charge is 2.30. The number of nitrogens with zero attached hydrogens (tertiary/aromatic N) is 2. The van der Waals surface area contributed by atoms with Crippen molar-refractivity contribution in [1.29, 1.82) is 0 Å². The maximum absolute atomic E-state index is 12.2. The van der Waals surface area contributed by atoms with Gasteiger partial charge in [-0.05, 0) is 32.4 Å². The fraction of sp³-hybridized carbons (Fsp3) is 0.667. The molecule has 1 aromatic heterocycles. The zero-order valence-corrected chi connectivity index (χ0v) is 13.4. The molecule has 0 aromatic carbocycles. The van der Waals surface area contributed by atoms with E-state index >= 15 is 0 Å². The van der Waals surface area contributed by atoms with Crippen molar-refractivity contribution in [3.8, 4) is 0 Å². The molecule has 1 aliphatic rings. The van der Waals surface area contributed by atoms with E-state index in [1.165, 1.54) is 5.69 Å². The summed E-state index contributed by atoms with van der Waals surface area (Å²) in [5, 5.41) is 0.148. The first-order valence-corrected chi connectivity index (χ1v) is 8.28. The van der Waals surface area contributed by atoms with Crippen LogP contribution in [0.3, 0.4) is 0 Å². The van der Waals surface area contributed by atoms with Gasteiger partial charge in [0, 0.05) is 38.6 Å². The highest BCUT2D eigenvalue weighted by Crippen LogP contribution is 2.37. The smallest absolute Gasteiger partial charge is 0.224 e. The summed E-state index contributed by atoms with van der Waals surface area (Å²) >= 11 is 1.85. The third-order valence-corrected chi connectivity index (χ3v) is 4.68. The molecule has 112 valence electrons. The molecule has 1 fully saturated rings. The maximum Gasteiger partial charge on any atom is 0.224 e. The van der Waals surface area contributed by atoms with E-state index in [2.05, 4.69) is 10.6 Å². The summed E-state index contributed by atoms with van der Waals surface area (Å²) in [5.41, 5.74) is 1.20. The monoisotopic (exact) mass is 296 g/mol. The Hall–Kier alpha value is -0.940. The molecule has 2 heterocycles. The number of rotatable bonds is 6. The summed E-state index contributed by atoms with van der Waals surface area (Å²) in [6, 6.07) is 4.14. The zero-order valence-electron chi connectivity index (χ0n) is 12.5. The van der Waals surface area contributed by atoms with E-state index in [4.69, 9.17) is 4.74 Å². The van der Waals surface area contributed by atoms with Crippen LogP contribution in [0.1, 0.15) is 37.8 Å². The summed E-state index contributed by atoms with van der Waals surface area (Å²) < 4.78 is 7.67. The maximum atomic E-state index is 12.2. The van der Waals surface area contributed by atoms with Gasteiger partial charge in [0.15, 0.2) is 0 Å². The Labute approximate surface area is 125 Å². The molecule has 0 aliphatic carbocycles. The number of hydrogen-bond donors (Lipinski definition) is 0. The molecule has 1 amide bonds. The fourth-order valence-corrected chi connectivity index (χ4v) is 3.73. The van der Waals surface area contributed by atoms with Crippen LogP contribution in [0.2, 0.25) is 0 Å². The van der Waals surface area contributed by atoms with Gasteiger partial charge in [-0.2, -0.15) is 0 Å². The van der Waals surface area contributed by atoms with Crippen LogP contribution in [0.5, 0.6) is 0 Å². The van der Waals surface area contributed by atoms with Crippen molar-refractivity contribution < 1.29 is 9.53 Å². The summed E-state index contributed by atoms with van der Waals surface area (Å²) in [7, 11) is 2.04. The Morgan fingerprint density at radius 1 is 1.50 bits per heavy atom. The molecular formula is C15H24N2O2S. The molecule has 1 aromatic rings. The molecule has 4 nitrogen and oxygen atoms in total. The van der Waals surface area contributed by atoms with Crippen molar-refractivity contribution in [3.63, 3.8) is 0 Å². The lowest BCUT2D eigenvalue weighted by molar-refractivity contribution is -0.132. The average Bonchev–Trinajstić information content (AvgIpc) is 2.82. The largest absolute Gasteiger partial charge is 0.379 e. The second-order valence-corrected chi connectivity index (χ2v) is 6.57. The molecule has 0 spiro atoms. The third-order valence-electron chi connectivity index (χ3n) is 3.43. The molecule has 0 saturated carbocycles. The van der Waals surface area contributed by atoms with Crippen LogP contribution in [0.25, 0.3) is 0 Å². The zero-order chi connectivity index (χ0) is 14.5. The van der Waals surface area contributed by atoms with E-state index in [0.29, 0.717) is 13.0 Å². The van der Waals surface area contributed by atoms with Gasteiger partial charge in [-0.25, -0.2) is 0 Å². The Kier molecular flexibility index (Phi) is 5.54. The van der Waals surface area contributed by atoms with Crippen molar-refractivity contribution in [1.82, 2.24) is 9.47 Å². The van der Waals surface area contributed by atoms with Crippen molar-refractivity contribution in [2.45, 2.75) is 38.2 Å². The van der Waals surface area contributed by atoms with Gasteiger partial charge in [0.05, 0.1) is 11.8 Å². The number of amides is 1. The summed E-state index contributed by atoms with van der Waals surface area (Å²) in [6.45, 7) is 5.56. The fourth-order valence-electron chi connectivity index (χ4n) is 2.39. The van der Waals surface area contributed by atoms with Crippen LogP contribution in [-0.2, 0) is 16.6 Å². The molecular weight excluding hydrogens is 272 g/mol. The van der Waals surface area contributed by atoms with Crippen LogP contribution >= 0.6 is 11.8 Å². The number of ether oxygens (including phenoxy) is 1. The number of carbonyl (C=O) groups excluding carboxylic acids is 1. The molecule has 0 N–H and O–H groups in total. The van der Waals surface area contributed by atoms with Crippen LogP contribution in [0, 0.1) is 0 Å². The molecule has 20 heavy (non-hydrogen) atoms. The number of thioether (sulfide) groups is 1. The lowest BCUT2D eigenvalue weighted by Gasteiger charge is -2.35. The van der Waals surface area contributed by atoms with Crippen LogP contribution in [0.4, 0.5) is 0 Å². The van der Waals surface area contributed by atoms with Gasteiger partial charge in [0.2, 0.25) is 5.91 Å². The number of hydrogen-bond acceptors (Lipinski definition) is 3. The summed E-state index contributed by atoms with van der Waals surface area (Å²) in [6.07, 6.45) is 3.84. The number of aromatic nitrogens is 1. The first kappa shape index (κ1) is 15.4. The van der Waals surface area contributed by atoms with E-state index in [1.54, 1.807) is 0 Å². The van der Waals surface area contributed by atoms with E-state index in [0.717, 1.165) is 18.7 Å². The molecule has 1 unspecified atom stereocenters. The molecule has 1 aliphatic heterocycles. The predicted molar refractivity (Wildman–Crippen MR) is 82.6 cm³/mol. The Balaban J connectivity index is 1.98. The van der Waals surface area contributed by atoms with Gasteiger partial charge in [-0.1, -0.05) is 0 Å². The van der Waals surface area contributed by atoms with Crippen LogP contribution < -0.4 is 0 Å². The molecule has 1 atom stereocenters. The predicted octanol–water partition coefficient (Wildman–Crippen LogP) is 2.80. The lowest BCUT2D eigenvalue weighted by atomic mass is 10.3. The normalized spacial score (nSPS) is 19.9. The SMILES string of the molecule is CC(C)OCCCN1C(=O)CCSC1c1cccn1C. The van der Waals surface area contributed by atoms with Gasteiger partial charge in [-0.3, -0.25) is 4.79 Å². The quantitative estimate of drug-likeness (QED) is 0.757. The van der Waals surface area contributed by atoms with Crippen LogP contribution in [0.15, 0.2) is 18.3 Å². The second kappa shape index (κ2) is 7.18. The first-order chi connectivity index (χ1) is 9.59. The molecule has 1 saturated heterocycles. The number of aryl methyl sites for hydroxylation is 1. The topological polar surface area (TPSA) is 34.5 Å². The van der Waals surface area contributed by atoms with Crippen molar-refractivity contribution >= 4 is 17.7 Å². The highest BCUT2D eigenvalue weighted by atomic mass is 32.2. The second-order valence-electron chi connectivity index (χ2n) is 5.38. The van der Waals surface area contributed by atoms with E-state index in [-0.39, 0.29) is 17.4 Å². The van der Waals surface area contributed by atoms with Crippen molar-refractivity contribution in [3.05, 3.63) is 24.0 Å². The van der Waals surface area contributed by atoms with Gasteiger partial charge in [0.1, 0.15) is 5.37 Å². The molecule has 0 radical (unpaired) electrons. The number of carbonyl (C=O) groups is 1. The highest BCUT2D eigenvalue weighted by molar-refractivity contribution is 7.99. The molecule has 0 bridgehead atoms. The minimum atomic E-state index is 0.148. The third kappa shape index (κ3) is 3.79. The Morgan fingerprint density at radius 3 is 2.95 bits per heavy atom. The summed E-state index contributed by atoms with van der Waals surface area (Å²) in [5.74, 6) is 1.17. The van der Waals surface area contributed by atoms with Gasteiger partial charge < -0.3 is 14.2 Å². The Bertz CT molecular complexity index is 445. The van der Waals surface area contributed by atoms with Gasteiger partial charge >= 0.3 is 0 Å². The van der Waals surface area contributed by atoms with Crippen LogP contribution in [-0.4, -0.2) is 40.4 Å². The average molecular weight is 296 g/mol.